The van der Waals surface area contributed by atoms with Gasteiger partial charge in [-0.2, -0.15) is 0 Å². The largest absolute Gasteiger partial charge is 0.508 e. The van der Waals surface area contributed by atoms with Crippen molar-refractivity contribution in [3.8, 4) is 5.75 Å². The van der Waals surface area contributed by atoms with Gasteiger partial charge in [-0.1, -0.05) is 0 Å². The van der Waals surface area contributed by atoms with E-state index in [1.807, 2.05) is 36.9 Å². The van der Waals surface area contributed by atoms with Gasteiger partial charge >= 0.3 is 5.97 Å². The first-order valence-electron chi connectivity index (χ1n) is 7.88. The third-order valence-corrected chi connectivity index (χ3v) is 4.90. The summed E-state index contributed by atoms with van der Waals surface area (Å²) in [5.41, 5.74) is 0.944. The molecule has 1 aliphatic rings. The molecule has 26 heavy (non-hydrogen) atoms. The molecule has 1 aromatic heterocycles. The molecule has 134 valence electrons. The van der Waals surface area contributed by atoms with Gasteiger partial charge in [0.2, 0.25) is 0 Å². The average molecular weight is 371 g/mol. The van der Waals surface area contributed by atoms with Crippen molar-refractivity contribution in [2.45, 2.75) is 6.92 Å². The number of carbonyl (C=O) groups excluding carboxylic acids is 1. The fourth-order valence-electron chi connectivity index (χ4n) is 2.52. The molecule has 2 heterocycles. The van der Waals surface area contributed by atoms with Gasteiger partial charge in [0.15, 0.2) is 5.17 Å². The van der Waals surface area contributed by atoms with Gasteiger partial charge in [-0.25, -0.2) is 9.79 Å². The maximum absolute atomic E-state index is 12.6. The smallest absolute Gasteiger partial charge is 0.338 e. The van der Waals surface area contributed by atoms with Crippen LogP contribution in [0.4, 0.5) is 5.69 Å². The molecule has 7 nitrogen and oxygen atoms in total. The second-order valence-corrected chi connectivity index (χ2v) is 6.61. The summed E-state index contributed by atoms with van der Waals surface area (Å²) >= 11 is 1.20. The Morgan fingerprint density at radius 2 is 2.12 bits per heavy atom. The first-order chi connectivity index (χ1) is 12.4. The van der Waals surface area contributed by atoms with Gasteiger partial charge in [0.05, 0.1) is 16.2 Å². The third-order valence-electron chi connectivity index (χ3n) is 3.89. The van der Waals surface area contributed by atoms with Crippen LogP contribution in [-0.2, 0) is 11.8 Å². The van der Waals surface area contributed by atoms with E-state index in [0.29, 0.717) is 16.6 Å². The number of benzene rings is 1. The number of hydrogen-bond acceptors (Lipinski definition) is 5. The molecule has 8 heteroatoms. The van der Waals surface area contributed by atoms with Gasteiger partial charge in [0.25, 0.3) is 5.91 Å². The Hall–Kier alpha value is -3.00. The summed E-state index contributed by atoms with van der Waals surface area (Å²) in [6.45, 7) is 2.24. The fourth-order valence-corrected chi connectivity index (χ4v) is 3.56. The topological polar surface area (TPSA) is 95.1 Å². The molecular weight excluding hydrogens is 354 g/mol. The summed E-state index contributed by atoms with van der Waals surface area (Å²) in [4.78, 5) is 30.4. The van der Waals surface area contributed by atoms with Crippen molar-refractivity contribution < 1.29 is 19.8 Å². The molecule has 1 fully saturated rings. The number of rotatable bonds is 4. The molecule has 0 atom stereocenters. The summed E-state index contributed by atoms with van der Waals surface area (Å²) in [7, 11) is 1.89. The predicted octanol–water partition coefficient (Wildman–Crippen LogP) is 3.05. The number of aliphatic imine (C=N–C) groups is 1. The van der Waals surface area contributed by atoms with Gasteiger partial charge < -0.3 is 14.8 Å². The molecule has 2 N–H and O–H groups in total. The van der Waals surface area contributed by atoms with Crippen LogP contribution in [-0.4, -0.2) is 43.3 Å². The lowest BCUT2D eigenvalue weighted by molar-refractivity contribution is -0.122. The number of aryl methyl sites for hydroxylation is 1. The molecule has 1 saturated heterocycles. The highest BCUT2D eigenvalue weighted by molar-refractivity contribution is 8.18. The van der Waals surface area contributed by atoms with Crippen molar-refractivity contribution in [2.75, 3.05) is 6.54 Å². The van der Waals surface area contributed by atoms with Gasteiger partial charge in [0.1, 0.15) is 5.75 Å². The van der Waals surface area contributed by atoms with Crippen molar-refractivity contribution in [3.63, 3.8) is 0 Å². The minimum absolute atomic E-state index is 0.124. The first kappa shape index (κ1) is 17.8. The van der Waals surface area contributed by atoms with Crippen LogP contribution in [0.2, 0.25) is 0 Å². The van der Waals surface area contributed by atoms with E-state index in [0.717, 1.165) is 11.8 Å². The van der Waals surface area contributed by atoms with Crippen molar-refractivity contribution >= 4 is 40.6 Å². The zero-order chi connectivity index (χ0) is 18.8. The van der Waals surface area contributed by atoms with Crippen LogP contribution in [0.1, 0.15) is 23.0 Å². The monoisotopic (exact) mass is 371 g/mol. The number of amides is 1. The van der Waals surface area contributed by atoms with E-state index < -0.39 is 5.97 Å². The highest BCUT2D eigenvalue weighted by atomic mass is 32.2. The van der Waals surface area contributed by atoms with Crippen LogP contribution >= 0.6 is 11.8 Å². The van der Waals surface area contributed by atoms with Crippen LogP contribution in [0.15, 0.2) is 46.4 Å². The lowest BCUT2D eigenvalue weighted by atomic mass is 10.2. The van der Waals surface area contributed by atoms with E-state index >= 15 is 0 Å². The molecule has 0 bridgehead atoms. The quantitative estimate of drug-likeness (QED) is 0.806. The Balaban J connectivity index is 2.02. The summed E-state index contributed by atoms with van der Waals surface area (Å²) in [5.74, 6) is -1.52. The number of hydrogen-bond donors (Lipinski definition) is 2. The second-order valence-electron chi connectivity index (χ2n) is 5.61. The third kappa shape index (κ3) is 3.36. The molecular formula is C18H17N3O4S. The van der Waals surface area contributed by atoms with Crippen LogP contribution < -0.4 is 0 Å². The second kappa shape index (κ2) is 7.09. The Kier molecular flexibility index (Phi) is 4.85. The lowest BCUT2D eigenvalue weighted by Crippen LogP contribution is -2.28. The van der Waals surface area contributed by atoms with Crippen molar-refractivity contribution in [2.24, 2.45) is 12.0 Å². The average Bonchev–Trinajstić information content (AvgIpc) is 3.13. The predicted molar refractivity (Wildman–Crippen MR) is 101 cm³/mol. The number of carboxylic acid groups (broad SMARTS) is 1. The van der Waals surface area contributed by atoms with Gasteiger partial charge in [-0.15, -0.1) is 0 Å². The van der Waals surface area contributed by atoms with Crippen LogP contribution in [0.3, 0.4) is 0 Å². The number of carbonyl (C=O) groups is 2. The summed E-state index contributed by atoms with van der Waals surface area (Å²) in [6.07, 6.45) is 3.67. The minimum atomic E-state index is -1.20. The van der Waals surface area contributed by atoms with Crippen LogP contribution in [0.25, 0.3) is 6.08 Å². The standard InChI is InChI=1S/C18H17N3O4S/c1-3-21-16(23)15(9-11-5-4-8-20(11)2)26-18(21)19-14-7-6-12(22)10-13(14)17(24)25/h4-10,22H,3H2,1-2H3,(H,24,25)/b15-9-,19-18?. The number of aromatic carboxylic acids is 1. The summed E-state index contributed by atoms with van der Waals surface area (Å²) in [6, 6.07) is 7.71. The molecule has 1 aliphatic heterocycles. The van der Waals surface area contributed by atoms with Gasteiger partial charge in [0, 0.05) is 25.5 Å². The SMILES string of the molecule is CCN1C(=O)/C(=C/c2cccn2C)SC1=Nc1ccc(O)cc1C(=O)O. The van der Waals surface area contributed by atoms with E-state index in [2.05, 4.69) is 4.99 Å². The molecule has 0 saturated carbocycles. The number of aromatic hydroxyl groups is 1. The van der Waals surface area contributed by atoms with E-state index in [4.69, 9.17) is 0 Å². The number of aromatic nitrogens is 1. The van der Waals surface area contributed by atoms with E-state index in [1.165, 1.54) is 28.8 Å². The summed E-state index contributed by atoms with van der Waals surface area (Å²) < 4.78 is 1.90. The molecule has 3 rings (SSSR count). The molecule has 0 radical (unpaired) electrons. The van der Waals surface area contributed by atoms with Crippen LogP contribution in [0.5, 0.6) is 5.75 Å². The zero-order valence-corrected chi connectivity index (χ0v) is 15.0. The zero-order valence-electron chi connectivity index (χ0n) is 14.2. The van der Waals surface area contributed by atoms with Crippen molar-refractivity contribution in [3.05, 3.63) is 52.7 Å². The van der Waals surface area contributed by atoms with E-state index in [9.17, 15) is 19.8 Å². The normalized spacial score (nSPS) is 17.5. The number of phenolic OH excluding ortho intramolecular Hbond substituents is 1. The Morgan fingerprint density at radius 3 is 2.73 bits per heavy atom. The van der Waals surface area contributed by atoms with E-state index in [1.54, 1.807) is 6.08 Å². The molecule has 0 spiro atoms. The molecule has 0 aliphatic carbocycles. The van der Waals surface area contributed by atoms with Gasteiger partial charge in [-0.05, 0) is 55.1 Å². The highest BCUT2D eigenvalue weighted by Crippen LogP contribution is 2.35. The molecule has 1 amide bonds. The van der Waals surface area contributed by atoms with Gasteiger partial charge in [-0.3, -0.25) is 9.69 Å². The highest BCUT2D eigenvalue weighted by Gasteiger charge is 2.32. The maximum atomic E-state index is 12.6. The summed E-state index contributed by atoms with van der Waals surface area (Å²) in [5, 5.41) is 19.2. The van der Waals surface area contributed by atoms with Crippen molar-refractivity contribution in [1.82, 2.24) is 9.47 Å². The number of carboxylic acids is 1. The Labute approximate surface area is 154 Å². The first-order valence-corrected chi connectivity index (χ1v) is 8.70. The molecule has 1 aromatic carbocycles. The van der Waals surface area contributed by atoms with E-state index in [-0.39, 0.29) is 22.9 Å². The molecule has 2 aromatic rings. The Bertz CT molecular complexity index is 946. The van der Waals surface area contributed by atoms with Crippen LogP contribution in [0, 0.1) is 0 Å². The number of nitrogens with zero attached hydrogens (tertiary/aromatic N) is 3. The lowest BCUT2D eigenvalue weighted by Gasteiger charge is -2.12. The number of phenols is 1. The Morgan fingerprint density at radius 1 is 1.35 bits per heavy atom. The number of thioether (sulfide) groups is 1. The number of likely N-dealkylation sites (N-methyl/N-ethyl adjacent to an activating group) is 1. The molecule has 0 unspecified atom stereocenters. The minimum Gasteiger partial charge on any atom is -0.508 e. The maximum Gasteiger partial charge on any atom is 0.338 e. The van der Waals surface area contributed by atoms with Crippen molar-refractivity contribution in [1.29, 1.82) is 0 Å². The number of amidine groups is 1. The fraction of sp³-hybridized carbons (Fsp3) is 0.167.